The molecular weight excluding hydrogens is 304 g/mol. The van der Waals surface area contributed by atoms with Crippen LogP contribution in [0.1, 0.15) is 24.9 Å². The van der Waals surface area contributed by atoms with Crippen molar-refractivity contribution in [2.24, 2.45) is 11.8 Å². The molecule has 4 heterocycles. The number of rotatable bonds is 5. The van der Waals surface area contributed by atoms with Crippen molar-refractivity contribution >= 4 is 0 Å². The normalized spacial score (nSPS) is 32.1. The Morgan fingerprint density at radius 3 is 2.71 bits per heavy atom. The van der Waals surface area contributed by atoms with Gasteiger partial charge >= 0.3 is 0 Å². The van der Waals surface area contributed by atoms with Gasteiger partial charge in [0, 0.05) is 38.5 Å². The smallest absolute Gasteiger partial charge is 0.118 e. The molecule has 5 nitrogen and oxygen atoms in total. The SMILES string of the molecule is CCc1ccc(CN2CC[C@H]3[C@H](CO[C@H]3CN3CCOCC3)C2)o1. The van der Waals surface area contributed by atoms with E-state index >= 15 is 0 Å². The van der Waals surface area contributed by atoms with Gasteiger partial charge in [-0.2, -0.15) is 0 Å². The highest BCUT2D eigenvalue weighted by atomic mass is 16.5. The van der Waals surface area contributed by atoms with Crippen molar-refractivity contribution in [3.63, 3.8) is 0 Å². The lowest BCUT2D eigenvalue weighted by atomic mass is 9.84. The van der Waals surface area contributed by atoms with Crippen LogP contribution in [0.5, 0.6) is 0 Å². The molecule has 1 aromatic heterocycles. The van der Waals surface area contributed by atoms with Crippen LogP contribution in [0.3, 0.4) is 0 Å². The van der Waals surface area contributed by atoms with E-state index < -0.39 is 0 Å². The van der Waals surface area contributed by atoms with E-state index in [-0.39, 0.29) is 0 Å². The average molecular weight is 334 g/mol. The first-order valence-corrected chi connectivity index (χ1v) is 9.53. The quantitative estimate of drug-likeness (QED) is 0.823. The van der Waals surface area contributed by atoms with Crippen LogP contribution in [-0.2, 0) is 22.4 Å². The second-order valence-electron chi connectivity index (χ2n) is 7.45. The van der Waals surface area contributed by atoms with E-state index in [2.05, 4.69) is 28.9 Å². The molecule has 0 unspecified atom stereocenters. The van der Waals surface area contributed by atoms with Gasteiger partial charge in [0.25, 0.3) is 0 Å². The Bertz CT molecular complexity index is 526. The molecule has 4 rings (SSSR count). The van der Waals surface area contributed by atoms with E-state index in [1.165, 1.54) is 6.42 Å². The van der Waals surface area contributed by atoms with Crippen LogP contribution in [0, 0.1) is 11.8 Å². The van der Waals surface area contributed by atoms with Crippen molar-refractivity contribution in [2.75, 3.05) is 52.5 Å². The van der Waals surface area contributed by atoms with Gasteiger partial charge in [-0.25, -0.2) is 0 Å². The minimum Gasteiger partial charge on any atom is -0.465 e. The number of aryl methyl sites for hydroxylation is 1. The summed E-state index contributed by atoms with van der Waals surface area (Å²) in [6.45, 7) is 11.3. The summed E-state index contributed by atoms with van der Waals surface area (Å²) in [6, 6.07) is 4.25. The molecule has 134 valence electrons. The highest BCUT2D eigenvalue weighted by Gasteiger charge is 2.41. The maximum Gasteiger partial charge on any atom is 0.118 e. The van der Waals surface area contributed by atoms with Gasteiger partial charge in [-0.1, -0.05) is 6.92 Å². The maximum atomic E-state index is 6.19. The zero-order valence-corrected chi connectivity index (χ0v) is 14.8. The summed E-state index contributed by atoms with van der Waals surface area (Å²) >= 11 is 0. The first-order chi connectivity index (χ1) is 11.8. The van der Waals surface area contributed by atoms with Crippen LogP contribution in [0.2, 0.25) is 0 Å². The predicted octanol–water partition coefficient (Wildman–Crippen LogP) is 2.01. The van der Waals surface area contributed by atoms with Gasteiger partial charge in [0.2, 0.25) is 0 Å². The van der Waals surface area contributed by atoms with Crippen LogP contribution < -0.4 is 0 Å². The zero-order valence-electron chi connectivity index (χ0n) is 14.8. The van der Waals surface area contributed by atoms with Gasteiger partial charge in [0.05, 0.1) is 32.5 Å². The second kappa shape index (κ2) is 7.56. The Hall–Kier alpha value is -0.880. The average Bonchev–Trinajstić information content (AvgIpc) is 3.23. The molecule has 0 aromatic carbocycles. The highest BCUT2D eigenvalue weighted by molar-refractivity contribution is 5.07. The van der Waals surface area contributed by atoms with E-state index in [1.807, 2.05) is 0 Å². The van der Waals surface area contributed by atoms with Gasteiger partial charge in [-0.15, -0.1) is 0 Å². The lowest BCUT2D eigenvalue weighted by Gasteiger charge is -2.36. The van der Waals surface area contributed by atoms with E-state index in [4.69, 9.17) is 13.9 Å². The fourth-order valence-corrected chi connectivity index (χ4v) is 4.45. The summed E-state index contributed by atoms with van der Waals surface area (Å²) in [5.41, 5.74) is 0. The summed E-state index contributed by atoms with van der Waals surface area (Å²) in [7, 11) is 0. The molecule has 5 heteroatoms. The number of morpholine rings is 1. The van der Waals surface area contributed by atoms with Gasteiger partial charge in [0.15, 0.2) is 0 Å². The van der Waals surface area contributed by atoms with Crippen molar-refractivity contribution in [1.82, 2.24) is 9.80 Å². The van der Waals surface area contributed by atoms with Crippen molar-refractivity contribution < 1.29 is 13.9 Å². The fourth-order valence-electron chi connectivity index (χ4n) is 4.45. The van der Waals surface area contributed by atoms with Gasteiger partial charge in [-0.3, -0.25) is 9.80 Å². The molecule has 3 aliphatic rings. The first-order valence-electron chi connectivity index (χ1n) is 9.53. The molecule has 0 spiro atoms. The maximum absolute atomic E-state index is 6.19. The molecule has 24 heavy (non-hydrogen) atoms. The van der Waals surface area contributed by atoms with Crippen LogP contribution in [0.4, 0.5) is 0 Å². The minimum atomic E-state index is 0.422. The third kappa shape index (κ3) is 3.69. The molecule has 3 fully saturated rings. The van der Waals surface area contributed by atoms with Crippen LogP contribution in [0.25, 0.3) is 0 Å². The predicted molar refractivity (Wildman–Crippen MR) is 92.0 cm³/mol. The Morgan fingerprint density at radius 2 is 1.92 bits per heavy atom. The molecule has 1 aromatic rings. The number of ether oxygens (including phenoxy) is 2. The second-order valence-corrected chi connectivity index (χ2v) is 7.45. The van der Waals surface area contributed by atoms with Gasteiger partial charge in [-0.05, 0) is 31.0 Å². The number of piperidine rings is 1. The summed E-state index contributed by atoms with van der Waals surface area (Å²) in [6.07, 6.45) is 2.65. The van der Waals surface area contributed by atoms with Crippen LogP contribution >= 0.6 is 0 Å². The van der Waals surface area contributed by atoms with Gasteiger partial charge < -0.3 is 13.9 Å². The van der Waals surface area contributed by atoms with E-state index in [1.54, 1.807) is 0 Å². The Labute approximate surface area is 144 Å². The van der Waals surface area contributed by atoms with Crippen LogP contribution in [-0.4, -0.2) is 68.4 Å². The molecule has 3 saturated heterocycles. The molecule has 0 aliphatic carbocycles. The third-order valence-corrected chi connectivity index (χ3v) is 5.87. The summed E-state index contributed by atoms with van der Waals surface area (Å²) in [5.74, 6) is 3.61. The minimum absolute atomic E-state index is 0.422. The Kier molecular flexibility index (Phi) is 5.22. The van der Waals surface area contributed by atoms with E-state index in [0.717, 1.165) is 82.9 Å². The van der Waals surface area contributed by atoms with Crippen LogP contribution in [0.15, 0.2) is 16.5 Å². The van der Waals surface area contributed by atoms with Crippen molar-refractivity contribution in [3.8, 4) is 0 Å². The Balaban J connectivity index is 1.29. The van der Waals surface area contributed by atoms with Crippen molar-refractivity contribution in [3.05, 3.63) is 23.7 Å². The number of hydrogen-bond acceptors (Lipinski definition) is 5. The molecule has 0 radical (unpaired) electrons. The number of fused-ring (bicyclic) bond motifs is 1. The zero-order chi connectivity index (χ0) is 16.4. The number of furan rings is 1. The standard InChI is InChI=1S/C19H30N2O3/c1-2-16-3-4-17(24-16)12-21-6-5-18-15(11-21)14-23-19(18)13-20-7-9-22-10-8-20/h3-4,15,18-19H,2,5-14H2,1H3/t15-,18-,19-/m0/s1. The molecule has 0 amide bonds. The lowest BCUT2D eigenvalue weighted by Crippen LogP contribution is -2.45. The largest absolute Gasteiger partial charge is 0.465 e. The topological polar surface area (TPSA) is 38.1 Å². The summed E-state index contributed by atoms with van der Waals surface area (Å²) in [4.78, 5) is 5.05. The first kappa shape index (κ1) is 16.6. The lowest BCUT2D eigenvalue weighted by molar-refractivity contribution is -0.00276. The Morgan fingerprint density at radius 1 is 1.08 bits per heavy atom. The monoisotopic (exact) mass is 334 g/mol. The molecule has 0 saturated carbocycles. The van der Waals surface area contributed by atoms with E-state index in [9.17, 15) is 0 Å². The van der Waals surface area contributed by atoms with Crippen molar-refractivity contribution in [2.45, 2.75) is 32.4 Å². The molecule has 0 N–H and O–H groups in total. The molecular formula is C19H30N2O3. The molecule has 3 aliphatic heterocycles. The van der Waals surface area contributed by atoms with E-state index in [0.29, 0.717) is 12.0 Å². The number of nitrogens with zero attached hydrogens (tertiary/aromatic N) is 2. The highest BCUT2D eigenvalue weighted by Crippen LogP contribution is 2.35. The number of likely N-dealkylation sites (tertiary alicyclic amines) is 1. The molecule has 3 atom stereocenters. The number of hydrogen-bond donors (Lipinski definition) is 0. The summed E-state index contributed by atoms with van der Waals surface area (Å²) < 4.78 is 17.5. The third-order valence-electron chi connectivity index (χ3n) is 5.87. The molecule has 0 bridgehead atoms. The van der Waals surface area contributed by atoms with Gasteiger partial charge in [0.1, 0.15) is 11.5 Å². The fraction of sp³-hybridized carbons (Fsp3) is 0.789. The van der Waals surface area contributed by atoms with Crippen molar-refractivity contribution in [1.29, 1.82) is 0 Å². The summed E-state index contributed by atoms with van der Waals surface area (Å²) in [5, 5.41) is 0.